The van der Waals surface area contributed by atoms with Crippen molar-refractivity contribution in [3.8, 4) is 0 Å². The second kappa shape index (κ2) is 10.7. The third-order valence-corrected chi connectivity index (χ3v) is 6.48. The second-order valence-electron chi connectivity index (χ2n) is 8.51. The quantitative estimate of drug-likeness (QED) is 0.348. The van der Waals surface area contributed by atoms with Crippen LogP contribution in [-0.2, 0) is 11.3 Å². The zero-order valence-electron chi connectivity index (χ0n) is 19.4. The number of carbonyl (C=O) groups excluding carboxylic acids is 1. The third-order valence-electron chi connectivity index (χ3n) is 6.13. The van der Waals surface area contributed by atoms with Gasteiger partial charge in [-0.05, 0) is 72.9 Å². The molecule has 0 aliphatic carbocycles. The number of benzene rings is 1. The fraction of sp³-hybridized carbons (Fsp3) is 0.185. The molecule has 5 rings (SSSR count). The number of hydrogen-bond donors (Lipinski definition) is 2. The number of rotatable bonds is 8. The molecule has 4 aromatic rings. The molecule has 3 aromatic heterocycles. The molecule has 0 saturated carbocycles. The van der Waals surface area contributed by atoms with Gasteiger partial charge >= 0.3 is 0 Å². The summed E-state index contributed by atoms with van der Waals surface area (Å²) >= 11 is 5.73. The van der Waals surface area contributed by atoms with Gasteiger partial charge in [0, 0.05) is 42.9 Å². The van der Waals surface area contributed by atoms with Gasteiger partial charge in [-0.25, -0.2) is 4.39 Å². The van der Waals surface area contributed by atoms with Gasteiger partial charge < -0.3 is 20.1 Å². The maximum atomic E-state index is 13.2. The number of amides is 1. The molecule has 1 fully saturated rings. The zero-order valence-corrected chi connectivity index (χ0v) is 20.2. The van der Waals surface area contributed by atoms with Crippen molar-refractivity contribution in [2.24, 2.45) is 0 Å². The topological polar surface area (TPSA) is 75.1 Å². The van der Waals surface area contributed by atoms with Crippen LogP contribution in [0.4, 0.5) is 10.1 Å². The largest absolute Gasteiger partial charge is 0.352 e. The number of nitrogens with zero attached hydrogens (tertiary/aromatic N) is 4. The summed E-state index contributed by atoms with van der Waals surface area (Å²) in [6, 6.07) is 21.1. The van der Waals surface area contributed by atoms with Gasteiger partial charge in [0.05, 0.1) is 30.0 Å². The summed E-state index contributed by atoms with van der Waals surface area (Å²) in [4.78, 5) is 23.8. The smallest absolute Gasteiger partial charge is 0.226 e. The standard InChI is InChI=1S/C27H25FN6OS/c28-19-9-11-20(12-10-19)31-24(35)13-17-34-26(25(32-27(34)36)22-7-2-4-15-30-22)23-8-5-16-33(23)18-21-6-1-3-14-29-21/h1-12,14-16,25-26H,13,17-18H2,(H,31,35)(H,32,36)/t25-,26+/m1/s1. The van der Waals surface area contributed by atoms with E-state index in [0.717, 1.165) is 17.1 Å². The lowest BCUT2D eigenvalue weighted by Crippen LogP contribution is -2.33. The number of aromatic nitrogens is 3. The van der Waals surface area contributed by atoms with Gasteiger partial charge in [-0.1, -0.05) is 12.1 Å². The van der Waals surface area contributed by atoms with Crippen LogP contribution >= 0.6 is 12.2 Å². The Balaban J connectivity index is 1.39. The van der Waals surface area contributed by atoms with E-state index in [-0.39, 0.29) is 30.2 Å². The van der Waals surface area contributed by atoms with Gasteiger partial charge in [-0.3, -0.25) is 14.8 Å². The van der Waals surface area contributed by atoms with Crippen molar-refractivity contribution in [1.82, 2.24) is 24.8 Å². The molecule has 0 radical (unpaired) electrons. The van der Waals surface area contributed by atoms with E-state index >= 15 is 0 Å². The van der Waals surface area contributed by atoms with E-state index in [1.54, 1.807) is 24.5 Å². The van der Waals surface area contributed by atoms with E-state index in [9.17, 15) is 9.18 Å². The van der Waals surface area contributed by atoms with Gasteiger partial charge in [-0.15, -0.1) is 0 Å². The summed E-state index contributed by atoms with van der Waals surface area (Å²) in [6.45, 7) is 1.02. The number of halogens is 1. The molecule has 36 heavy (non-hydrogen) atoms. The molecule has 2 N–H and O–H groups in total. The second-order valence-corrected chi connectivity index (χ2v) is 8.89. The molecule has 0 bridgehead atoms. The number of nitrogens with one attached hydrogen (secondary N) is 2. The summed E-state index contributed by atoms with van der Waals surface area (Å²) < 4.78 is 15.3. The Hall–Kier alpha value is -4.11. The lowest BCUT2D eigenvalue weighted by Gasteiger charge is -2.28. The molecule has 7 nitrogen and oxygen atoms in total. The minimum atomic E-state index is -0.349. The van der Waals surface area contributed by atoms with Crippen LogP contribution in [-0.4, -0.2) is 37.0 Å². The highest BCUT2D eigenvalue weighted by Gasteiger charge is 2.41. The predicted octanol–water partition coefficient (Wildman–Crippen LogP) is 4.47. The van der Waals surface area contributed by atoms with Gasteiger partial charge in [0.2, 0.25) is 5.91 Å². The molecule has 4 heterocycles. The highest BCUT2D eigenvalue weighted by molar-refractivity contribution is 7.80. The lowest BCUT2D eigenvalue weighted by molar-refractivity contribution is -0.116. The Morgan fingerprint density at radius 3 is 2.50 bits per heavy atom. The van der Waals surface area contributed by atoms with Crippen LogP contribution in [0.5, 0.6) is 0 Å². The molecule has 2 atom stereocenters. The van der Waals surface area contributed by atoms with Crippen molar-refractivity contribution in [2.45, 2.75) is 25.0 Å². The molecule has 0 unspecified atom stereocenters. The lowest BCUT2D eigenvalue weighted by atomic mass is 10.0. The normalized spacial score (nSPS) is 17.1. The first-order valence-corrected chi connectivity index (χ1v) is 12.1. The van der Waals surface area contributed by atoms with Crippen molar-refractivity contribution < 1.29 is 9.18 Å². The van der Waals surface area contributed by atoms with E-state index in [1.807, 2.05) is 53.6 Å². The van der Waals surface area contributed by atoms with E-state index in [2.05, 4.69) is 31.2 Å². The number of anilines is 1. The minimum Gasteiger partial charge on any atom is -0.352 e. The average molecular weight is 501 g/mol. The molecule has 1 aliphatic rings. The molecule has 1 saturated heterocycles. The van der Waals surface area contributed by atoms with Crippen LogP contribution in [0, 0.1) is 5.82 Å². The van der Waals surface area contributed by atoms with E-state index in [1.165, 1.54) is 12.1 Å². The number of pyridine rings is 2. The number of carbonyl (C=O) groups is 1. The third kappa shape index (κ3) is 5.26. The SMILES string of the molecule is O=C(CCN1C(=S)N[C@H](c2ccccn2)[C@@H]1c1cccn1Cc1ccccn1)Nc1ccc(F)cc1. The van der Waals surface area contributed by atoms with Crippen LogP contribution in [0.15, 0.2) is 91.4 Å². The Labute approximate surface area is 214 Å². The molecule has 1 amide bonds. The number of thiocarbonyl (C=S) groups is 1. The molecular weight excluding hydrogens is 475 g/mol. The van der Waals surface area contributed by atoms with Crippen LogP contribution in [0.2, 0.25) is 0 Å². The Morgan fingerprint density at radius 2 is 1.78 bits per heavy atom. The summed E-state index contributed by atoms with van der Waals surface area (Å²) in [5, 5.41) is 6.81. The first-order chi connectivity index (χ1) is 17.6. The van der Waals surface area contributed by atoms with Crippen molar-refractivity contribution in [3.63, 3.8) is 0 Å². The summed E-state index contributed by atoms with van der Waals surface area (Å²) in [5.74, 6) is -0.521. The van der Waals surface area contributed by atoms with Crippen molar-refractivity contribution in [3.05, 3.63) is 114 Å². The predicted molar refractivity (Wildman–Crippen MR) is 140 cm³/mol. The van der Waals surface area contributed by atoms with E-state index in [0.29, 0.717) is 23.9 Å². The van der Waals surface area contributed by atoms with E-state index < -0.39 is 0 Å². The van der Waals surface area contributed by atoms with Gasteiger partial charge in [0.1, 0.15) is 5.82 Å². The first-order valence-electron chi connectivity index (χ1n) is 11.7. The van der Waals surface area contributed by atoms with Crippen molar-refractivity contribution >= 4 is 28.9 Å². The monoisotopic (exact) mass is 500 g/mol. The summed E-state index contributed by atoms with van der Waals surface area (Å²) in [6.07, 6.45) is 5.79. The first kappa shape index (κ1) is 23.6. The minimum absolute atomic E-state index is 0.173. The molecule has 9 heteroatoms. The van der Waals surface area contributed by atoms with Crippen molar-refractivity contribution in [1.29, 1.82) is 0 Å². The highest BCUT2D eigenvalue weighted by Crippen LogP contribution is 2.39. The van der Waals surface area contributed by atoms with Gasteiger partial charge in [-0.2, -0.15) is 0 Å². The van der Waals surface area contributed by atoms with Gasteiger partial charge in [0.25, 0.3) is 0 Å². The van der Waals surface area contributed by atoms with Crippen molar-refractivity contribution in [2.75, 3.05) is 11.9 Å². The maximum absolute atomic E-state index is 13.2. The van der Waals surface area contributed by atoms with Crippen LogP contribution in [0.25, 0.3) is 0 Å². The molecule has 1 aliphatic heterocycles. The zero-order chi connectivity index (χ0) is 24.9. The average Bonchev–Trinajstić information content (AvgIpc) is 3.48. The van der Waals surface area contributed by atoms with Gasteiger partial charge in [0.15, 0.2) is 5.11 Å². The summed E-state index contributed by atoms with van der Waals surface area (Å²) in [5.41, 5.74) is 3.41. The molecule has 182 valence electrons. The Kier molecular flexibility index (Phi) is 6.99. The Morgan fingerprint density at radius 1 is 1.00 bits per heavy atom. The van der Waals surface area contributed by atoms with Crippen LogP contribution in [0.3, 0.4) is 0 Å². The molecule has 0 spiro atoms. The van der Waals surface area contributed by atoms with Crippen LogP contribution in [0.1, 0.15) is 35.6 Å². The summed E-state index contributed by atoms with van der Waals surface area (Å²) in [7, 11) is 0. The number of hydrogen-bond acceptors (Lipinski definition) is 4. The molecular formula is C27H25FN6OS. The maximum Gasteiger partial charge on any atom is 0.226 e. The highest BCUT2D eigenvalue weighted by atomic mass is 32.1. The fourth-order valence-corrected chi connectivity index (χ4v) is 4.78. The Bertz CT molecular complexity index is 1330. The van der Waals surface area contributed by atoms with Crippen LogP contribution < -0.4 is 10.6 Å². The molecule has 1 aromatic carbocycles. The fourth-order valence-electron chi connectivity index (χ4n) is 4.45. The van der Waals surface area contributed by atoms with E-state index in [4.69, 9.17) is 12.2 Å².